The van der Waals surface area contributed by atoms with E-state index in [4.69, 9.17) is 11.6 Å². The van der Waals surface area contributed by atoms with Crippen LogP contribution in [0.3, 0.4) is 0 Å². The number of hydrogen-bond acceptors (Lipinski definition) is 1. The van der Waals surface area contributed by atoms with Gasteiger partial charge in [-0.1, -0.05) is 71.1 Å². The summed E-state index contributed by atoms with van der Waals surface area (Å²) in [6, 6.07) is 7.31. The van der Waals surface area contributed by atoms with Crippen LogP contribution in [0.25, 0.3) is 0 Å². The van der Waals surface area contributed by atoms with Crippen molar-refractivity contribution in [3.05, 3.63) is 52.1 Å². The number of unbranched alkanes of at least 4 members (excludes halogenated alkanes) is 1. The fourth-order valence-corrected chi connectivity index (χ4v) is 3.24. The number of halogens is 1. The molecule has 0 heterocycles. The molecule has 1 rings (SSSR count). The molecule has 1 N–H and O–H groups in total. The minimum Gasteiger partial charge on any atom is -0.322 e. The number of rotatable bonds is 11. The summed E-state index contributed by atoms with van der Waals surface area (Å²) < 4.78 is 0. The van der Waals surface area contributed by atoms with Gasteiger partial charge in [-0.3, -0.25) is 4.79 Å². The van der Waals surface area contributed by atoms with Crippen molar-refractivity contribution in [3.63, 3.8) is 0 Å². The lowest BCUT2D eigenvalue weighted by Crippen LogP contribution is -2.17. The zero-order valence-electron chi connectivity index (χ0n) is 16.8. The molecule has 0 unspecified atom stereocenters. The maximum absolute atomic E-state index is 13.1. The van der Waals surface area contributed by atoms with Gasteiger partial charge in [0.25, 0.3) is 5.91 Å². The number of carbonyl (C=O) groups excluding carboxylic acids is 1. The van der Waals surface area contributed by atoms with E-state index in [9.17, 15) is 4.79 Å². The Morgan fingerprint density at radius 1 is 0.885 bits per heavy atom. The lowest BCUT2D eigenvalue weighted by Gasteiger charge is -2.18. The average Bonchev–Trinajstić information content (AvgIpc) is 2.63. The number of anilines is 1. The molecule has 0 spiro atoms. The highest BCUT2D eigenvalue weighted by atomic mass is 35.5. The van der Waals surface area contributed by atoms with Crippen molar-refractivity contribution in [2.45, 2.75) is 79.1 Å². The van der Waals surface area contributed by atoms with Crippen molar-refractivity contribution in [1.82, 2.24) is 0 Å². The quantitative estimate of drug-likeness (QED) is 0.311. The fourth-order valence-electron chi connectivity index (χ4n) is 3.11. The largest absolute Gasteiger partial charge is 0.322 e. The summed E-state index contributed by atoms with van der Waals surface area (Å²) in [5, 5.41) is 3.74. The number of hydrogen-bond donors (Lipinski definition) is 1. The number of allylic oxidation sites excluding steroid dienone is 3. The molecule has 0 bridgehead atoms. The van der Waals surface area contributed by atoms with E-state index in [2.05, 4.69) is 39.1 Å². The number of benzene rings is 1. The van der Waals surface area contributed by atoms with E-state index in [1.165, 1.54) is 11.1 Å². The first-order chi connectivity index (χ1) is 12.6. The van der Waals surface area contributed by atoms with E-state index < -0.39 is 0 Å². The zero-order valence-corrected chi connectivity index (χ0v) is 17.6. The van der Waals surface area contributed by atoms with Crippen LogP contribution in [0, 0.1) is 0 Å². The first-order valence-electron chi connectivity index (χ1n) is 10.1. The van der Waals surface area contributed by atoms with Crippen LogP contribution in [0.2, 0.25) is 5.02 Å². The molecular formula is C23H34ClNO. The van der Waals surface area contributed by atoms with Crippen LogP contribution in [0.1, 0.15) is 79.1 Å². The predicted molar refractivity (Wildman–Crippen MR) is 115 cm³/mol. The highest BCUT2D eigenvalue weighted by Gasteiger charge is 2.17. The Kier molecular flexibility index (Phi) is 11.0. The van der Waals surface area contributed by atoms with Gasteiger partial charge >= 0.3 is 0 Å². The van der Waals surface area contributed by atoms with E-state index in [1.54, 1.807) is 12.1 Å². The molecule has 1 aromatic rings. The maximum atomic E-state index is 13.1. The Labute approximate surface area is 164 Å². The predicted octanol–water partition coefficient (Wildman–Crippen LogP) is 7.70. The van der Waals surface area contributed by atoms with Gasteiger partial charge in [0.2, 0.25) is 0 Å². The Balaban J connectivity index is 3.24. The monoisotopic (exact) mass is 375 g/mol. The van der Waals surface area contributed by atoms with Crippen molar-refractivity contribution in [1.29, 1.82) is 0 Å². The molecule has 0 atom stereocenters. The summed E-state index contributed by atoms with van der Waals surface area (Å²) in [6.45, 7) is 8.72. The SMILES string of the molecule is CCC/C=C(CCC)/C(CCC)=C(/CCC)C(=O)Nc1ccc(Cl)cc1. The first-order valence-corrected chi connectivity index (χ1v) is 10.4. The van der Waals surface area contributed by atoms with Gasteiger partial charge in [-0.25, -0.2) is 0 Å². The lowest BCUT2D eigenvalue weighted by atomic mass is 9.89. The standard InChI is InChI=1S/C23H34ClNO/c1-5-9-13-18(10-6-2)21(11-7-3)22(12-8-4)23(26)25-20-16-14-19(24)15-17-20/h13-17H,5-12H2,1-4H3,(H,25,26)/b18-13+,22-21-. The summed E-state index contributed by atoms with van der Waals surface area (Å²) in [7, 11) is 0. The summed E-state index contributed by atoms with van der Waals surface area (Å²) in [4.78, 5) is 13.1. The Hall–Kier alpha value is -1.54. The second-order valence-corrected chi connectivity index (χ2v) is 7.12. The van der Waals surface area contributed by atoms with E-state index >= 15 is 0 Å². The summed E-state index contributed by atoms with van der Waals surface area (Å²) in [5.74, 6) is 0.0242. The van der Waals surface area contributed by atoms with Crippen molar-refractivity contribution in [2.24, 2.45) is 0 Å². The van der Waals surface area contributed by atoms with Crippen LogP contribution < -0.4 is 5.32 Å². The zero-order chi connectivity index (χ0) is 19.4. The third-order valence-corrected chi connectivity index (χ3v) is 4.58. The number of amides is 1. The Morgan fingerprint density at radius 3 is 2.00 bits per heavy atom. The molecule has 0 aliphatic rings. The van der Waals surface area contributed by atoms with Gasteiger partial charge < -0.3 is 5.32 Å². The van der Waals surface area contributed by atoms with Crippen molar-refractivity contribution in [3.8, 4) is 0 Å². The van der Waals surface area contributed by atoms with E-state index in [1.807, 2.05) is 12.1 Å². The highest BCUT2D eigenvalue weighted by Crippen LogP contribution is 2.28. The average molecular weight is 376 g/mol. The molecule has 144 valence electrons. The van der Waals surface area contributed by atoms with E-state index in [0.717, 1.165) is 62.6 Å². The highest BCUT2D eigenvalue weighted by molar-refractivity contribution is 6.30. The summed E-state index contributed by atoms with van der Waals surface area (Å²) >= 11 is 5.95. The molecule has 0 fully saturated rings. The van der Waals surface area contributed by atoms with Gasteiger partial charge in [-0.15, -0.1) is 0 Å². The minimum atomic E-state index is 0.0242. The summed E-state index contributed by atoms with van der Waals surface area (Å²) in [5.41, 5.74) is 4.36. The lowest BCUT2D eigenvalue weighted by molar-refractivity contribution is -0.113. The molecule has 0 aliphatic carbocycles. The van der Waals surface area contributed by atoms with Gasteiger partial charge in [0.1, 0.15) is 0 Å². The molecule has 26 heavy (non-hydrogen) atoms. The molecule has 0 aromatic heterocycles. The second kappa shape index (κ2) is 12.8. The van der Waals surface area contributed by atoms with Gasteiger partial charge in [0.15, 0.2) is 0 Å². The van der Waals surface area contributed by atoms with Gasteiger partial charge in [-0.2, -0.15) is 0 Å². The molecular weight excluding hydrogens is 342 g/mol. The third-order valence-electron chi connectivity index (χ3n) is 4.33. The van der Waals surface area contributed by atoms with Gasteiger partial charge in [0.05, 0.1) is 0 Å². The van der Waals surface area contributed by atoms with Crippen LogP contribution in [0.15, 0.2) is 47.1 Å². The van der Waals surface area contributed by atoms with E-state index in [-0.39, 0.29) is 5.91 Å². The first kappa shape index (κ1) is 22.5. The van der Waals surface area contributed by atoms with Crippen LogP contribution in [0.4, 0.5) is 5.69 Å². The topological polar surface area (TPSA) is 29.1 Å². The van der Waals surface area contributed by atoms with E-state index in [0.29, 0.717) is 5.02 Å². The molecule has 3 heteroatoms. The molecule has 0 radical (unpaired) electrons. The van der Waals surface area contributed by atoms with Gasteiger partial charge in [-0.05, 0) is 61.1 Å². The molecule has 2 nitrogen and oxygen atoms in total. The molecule has 0 saturated carbocycles. The van der Waals surface area contributed by atoms with Crippen molar-refractivity contribution >= 4 is 23.2 Å². The van der Waals surface area contributed by atoms with Crippen LogP contribution in [-0.2, 0) is 4.79 Å². The Bertz CT molecular complexity index is 614. The smallest absolute Gasteiger partial charge is 0.251 e. The van der Waals surface area contributed by atoms with Crippen LogP contribution >= 0.6 is 11.6 Å². The van der Waals surface area contributed by atoms with Crippen LogP contribution in [0.5, 0.6) is 0 Å². The van der Waals surface area contributed by atoms with Crippen molar-refractivity contribution in [2.75, 3.05) is 5.32 Å². The third kappa shape index (κ3) is 7.37. The molecule has 1 amide bonds. The fraction of sp³-hybridized carbons (Fsp3) is 0.522. The van der Waals surface area contributed by atoms with Gasteiger partial charge in [0, 0.05) is 16.3 Å². The second-order valence-electron chi connectivity index (χ2n) is 6.69. The maximum Gasteiger partial charge on any atom is 0.251 e. The van der Waals surface area contributed by atoms with Crippen molar-refractivity contribution < 1.29 is 4.79 Å². The molecule has 1 aromatic carbocycles. The number of nitrogens with one attached hydrogen (secondary N) is 1. The normalized spacial score (nSPS) is 12.7. The molecule has 0 saturated heterocycles. The minimum absolute atomic E-state index is 0.0242. The molecule has 0 aliphatic heterocycles. The Morgan fingerprint density at radius 2 is 1.46 bits per heavy atom. The van der Waals surface area contributed by atoms with Crippen LogP contribution in [-0.4, -0.2) is 5.91 Å². The summed E-state index contributed by atoms with van der Waals surface area (Å²) in [6.07, 6.45) is 10.5. The number of carbonyl (C=O) groups is 1.